The monoisotopic (exact) mass is 472 g/mol. The maximum Gasteiger partial charge on any atom is 0.336 e. The van der Waals surface area contributed by atoms with Crippen LogP contribution in [0.15, 0.2) is 69.5 Å². The zero-order chi connectivity index (χ0) is 25.6. The Hall–Kier alpha value is -3.93. The molecule has 2 aromatic rings. The molecule has 0 aliphatic carbocycles. The van der Waals surface area contributed by atoms with Crippen molar-refractivity contribution in [1.82, 2.24) is 5.32 Å². The van der Waals surface area contributed by atoms with E-state index in [-0.39, 0.29) is 0 Å². The number of hydrogen-bond acceptors (Lipinski definition) is 6. The maximum atomic E-state index is 12.6. The van der Waals surface area contributed by atoms with E-state index in [1.165, 1.54) is 6.07 Å². The predicted octanol–water partition coefficient (Wildman–Crippen LogP) is 6.02. The smallest absolute Gasteiger partial charge is 0.336 e. The number of nitrogens with one attached hydrogen (secondary N) is 1. The predicted molar refractivity (Wildman–Crippen MR) is 144 cm³/mol. The Balaban J connectivity index is 2.37. The van der Waals surface area contributed by atoms with Gasteiger partial charge in [0.2, 0.25) is 0 Å². The Kier molecular flexibility index (Phi) is 8.07. The zero-order valence-corrected chi connectivity index (χ0v) is 20.8. The van der Waals surface area contributed by atoms with E-state index < -0.39 is 11.2 Å². The highest BCUT2D eigenvalue weighted by atomic mass is 16.5. The lowest BCUT2D eigenvalue weighted by Gasteiger charge is -2.31. The van der Waals surface area contributed by atoms with E-state index in [0.717, 1.165) is 24.0 Å². The van der Waals surface area contributed by atoms with Gasteiger partial charge in [-0.05, 0) is 44.9 Å². The van der Waals surface area contributed by atoms with Crippen molar-refractivity contribution in [3.8, 4) is 5.75 Å². The normalized spacial score (nSPS) is 15.1. The fourth-order valence-electron chi connectivity index (χ4n) is 4.09. The quantitative estimate of drug-likeness (QED) is 0.198. The van der Waals surface area contributed by atoms with E-state index in [0.29, 0.717) is 52.1 Å². The van der Waals surface area contributed by atoms with Gasteiger partial charge in [-0.2, -0.15) is 0 Å². The first-order valence-electron chi connectivity index (χ1n) is 11.7. The number of carbonyl (C=O) groups is 1. The third-order valence-electron chi connectivity index (χ3n) is 5.65. The van der Waals surface area contributed by atoms with Crippen molar-refractivity contribution in [1.29, 1.82) is 0 Å². The van der Waals surface area contributed by atoms with Crippen LogP contribution in [0.2, 0.25) is 0 Å². The lowest BCUT2D eigenvalue weighted by Crippen LogP contribution is -2.29. The number of fused-ring (bicyclic) bond motifs is 3. The molecular formula is C29H32N2O4. The lowest BCUT2D eigenvalue weighted by atomic mass is 9.89. The first-order chi connectivity index (χ1) is 16.8. The van der Waals surface area contributed by atoms with Gasteiger partial charge in [0.05, 0.1) is 23.2 Å². The van der Waals surface area contributed by atoms with Crippen LogP contribution in [-0.2, 0) is 6.42 Å². The number of benzene rings is 1. The zero-order valence-electron chi connectivity index (χ0n) is 20.8. The van der Waals surface area contributed by atoms with Gasteiger partial charge in [-0.15, -0.1) is 0 Å². The molecule has 35 heavy (non-hydrogen) atoms. The Morgan fingerprint density at radius 2 is 2.03 bits per heavy atom. The summed E-state index contributed by atoms with van der Waals surface area (Å²) in [4.78, 5) is 29.5. The van der Waals surface area contributed by atoms with Crippen molar-refractivity contribution in [2.45, 2.75) is 46.1 Å². The number of rotatable bonds is 10. The largest absolute Gasteiger partial charge is 0.482 e. The molecule has 0 saturated carbocycles. The van der Waals surface area contributed by atoms with Crippen LogP contribution in [0, 0.1) is 0 Å². The summed E-state index contributed by atoms with van der Waals surface area (Å²) >= 11 is 0. The number of aldehydes is 1. The summed E-state index contributed by atoms with van der Waals surface area (Å²) in [6.07, 6.45) is 14.6. The highest BCUT2D eigenvalue weighted by molar-refractivity contribution is 6.06. The summed E-state index contributed by atoms with van der Waals surface area (Å²) in [7, 11) is 0. The van der Waals surface area contributed by atoms with Crippen LogP contribution in [0.1, 0.15) is 61.2 Å². The Morgan fingerprint density at radius 1 is 1.26 bits per heavy atom. The van der Waals surface area contributed by atoms with Crippen molar-refractivity contribution in [2.24, 2.45) is 4.99 Å². The molecule has 6 heteroatoms. The van der Waals surface area contributed by atoms with Gasteiger partial charge in [0.1, 0.15) is 11.4 Å². The van der Waals surface area contributed by atoms with Gasteiger partial charge in [0.15, 0.2) is 11.9 Å². The molecule has 0 unspecified atom stereocenters. The van der Waals surface area contributed by atoms with Crippen LogP contribution < -0.4 is 15.7 Å². The molecule has 2 heterocycles. The average Bonchev–Trinajstić information content (AvgIpc) is 2.82. The molecule has 0 radical (unpaired) electrons. The van der Waals surface area contributed by atoms with Crippen molar-refractivity contribution in [2.75, 3.05) is 6.54 Å². The second kappa shape index (κ2) is 11.0. The summed E-state index contributed by atoms with van der Waals surface area (Å²) < 4.78 is 12.1. The fraction of sp³-hybridized carbons (Fsp3) is 0.276. The fourth-order valence-corrected chi connectivity index (χ4v) is 4.09. The lowest BCUT2D eigenvalue weighted by molar-refractivity contribution is 0.112. The number of allylic oxidation sites excluding steroid dienone is 4. The van der Waals surface area contributed by atoms with Crippen LogP contribution in [-0.4, -0.2) is 24.6 Å². The molecule has 0 atom stereocenters. The molecule has 1 aliphatic rings. The van der Waals surface area contributed by atoms with Crippen LogP contribution in [0.25, 0.3) is 22.7 Å². The molecular weight excluding hydrogens is 440 g/mol. The highest BCUT2D eigenvalue weighted by Gasteiger charge is 2.31. The Labute approximate surface area is 206 Å². The molecule has 3 rings (SSSR count). The van der Waals surface area contributed by atoms with E-state index >= 15 is 0 Å². The first-order valence-corrected chi connectivity index (χ1v) is 11.7. The number of aryl methyl sites for hydroxylation is 1. The first kappa shape index (κ1) is 25.7. The van der Waals surface area contributed by atoms with E-state index in [1.807, 2.05) is 45.9 Å². The van der Waals surface area contributed by atoms with Gasteiger partial charge in [0, 0.05) is 29.1 Å². The topological polar surface area (TPSA) is 80.9 Å². The number of aliphatic imine (C=N–C) groups is 1. The summed E-state index contributed by atoms with van der Waals surface area (Å²) in [5.74, 6) is 0.549. The van der Waals surface area contributed by atoms with E-state index in [9.17, 15) is 9.59 Å². The molecule has 0 amide bonds. The van der Waals surface area contributed by atoms with Gasteiger partial charge in [-0.1, -0.05) is 50.8 Å². The maximum absolute atomic E-state index is 12.6. The summed E-state index contributed by atoms with van der Waals surface area (Å²) in [5.41, 5.74) is 2.93. The molecule has 6 nitrogen and oxygen atoms in total. The van der Waals surface area contributed by atoms with Crippen LogP contribution >= 0.6 is 0 Å². The number of nitrogens with zero attached hydrogens (tertiary/aromatic N) is 1. The van der Waals surface area contributed by atoms with Crippen LogP contribution in [0.3, 0.4) is 0 Å². The molecule has 0 bridgehead atoms. The van der Waals surface area contributed by atoms with Crippen molar-refractivity contribution >= 4 is 35.2 Å². The second-order valence-corrected chi connectivity index (χ2v) is 8.70. The molecule has 0 spiro atoms. The van der Waals surface area contributed by atoms with Crippen molar-refractivity contribution in [3.63, 3.8) is 0 Å². The minimum absolute atomic E-state index is 0.310. The minimum atomic E-state index is -0.580. The molecule has 0 fully saturated rings. The molecule has 182 valence electrons. The second-order valence-electron chi connectivity index (χ2n) is 8.70. The summed E-state index contributed by atoms with van der Waals surface area (Å²) in [5, 5.41) is 4.05. The van der Waals surface area contributed by atoms with E-state index in [4.69, 9.17) is 9.15 Å². The standard InChI is InChI=1S/C29H32N2O4/c1-7-11-19-16-24(33)34-28-25(19)27-21(13-14-29(5,6)35-27)22(18-32)26(28)23(12-8-2)31-17-20(10-4)30-15-9-3/h8-10,12-16,18,31H,2-3,7,11,17H2,1,4-6H3/b20-10-,23-12-,30-15?. The van der Waals surface area contributed by atoms with Gasteiger partial charge >= 0.3 is 5.63 Å². The minimum Gasteiger partial charge on any atom is -0.482 e. The molecule has 1 aromatic carbocycles. The third kappa shape index (κ3) is 5.43. The molecule has 1 aromatic heterocycles. The third-order valence-corrected chi connectivity index (χ3v) is 5.65. The molecule has 1 N–H and O–H groups in total. The average molecular weight is 473 g/mol. The SMILES string of the molecule is C=CC=N/C(=C\C)CN/C(=C\C=C)c1c(C=O)c2c(c3c(CCC)cc(=O)oc13)OC(C)(C)C=C2. The number of ether oxygens (including phenoxy) is 1. The molecule has 1 aliphatic heterocycles. The van der Waals surface area contributed by atoms with E-state index in [1.54, 1.807) is 24.4 Å². The van der Waals surface area contributed by atoms with Gasteiger partial charge in [-0.25, -0.2) is 4.79 Å². The van der Waals surface area contributed by atoms with E-state index in [2.05, 4.69) is 23.5 Å². The van der Waals surface area contributed by atoms with Gasteiger partial charge in [-0.3, -0.25) is 9.79 Å². The van der Waals surface area contributed by atoms with Crippen LogP contribution in [0.4, 0.5) is 0 Å². The summed E-state index contributed by atoms with van der Waals surface area (Å²) in [6, 6.07) is 1.51. The van der Waals surface area contributed by atoms with Crippen molar-refractivity contribution in [3.05, 3.63) is 88.0 Å². The van der Waals surface area contributed by atoms with Gasteiger partial charge < -0.3 is 14.5 Å². The highest BCUT2D eigenvalue weighted by Crippen LogP contribution is 2.44. The number of carbonyl (C=O) groups excluding carboxylic acids is 1. The Morgan fingerprint density at radius 3 is 2.66 bits per heavy atom. The van der Waals surface area contributed by atoms with Crippen molar-refractivity contribution < 1.29 is 13.9 Å². The van der Waals surface area contributed by atoms with Crippen LogP contribution in [0.5, 0.6) is 5.75 Å². The van der Waals surface area contributed by atoms with Gasteiger partial charge in [0.25, 0.3) is 0 Å². The number of hydrogen-bond donors (Lipinski definition) is 1. The molecule has 0 saturated heterocycles. The summed E-state index contributed by atoms with van der Waals surface area (Å²) in [6.45, 7) is 15.7. The Bertz CT molecular complexity index is 1340.